The van der Waals surface area contributed by atoms with E-state index >= 15 is 0 Å². The molecule has 11 unspecified atom stereocenters. The summed E-state index contributed by atoms with van der Waals surface area (Å²) < 4.78 is 33.4. The van der Waals surface area contributed by atoms with E-state index in [0.717, 1.165) is 57.8 Å². The molecule has 15 nitrogen and oxygen atoms in total. The molecule has 346 valence electrons. The van der Waals surface area contributed by atoms with Crippen LogP contribution >= 0.6 is 0 Å². The fourth-order valence-corrected chi connectivity index (χ4v) is 7.15. The second kappa shape index (κ2) is 32.9. The number of carbonyl (C=O) groups excluding carboxylic acids is 2. The van der Waals surface area contributed by atoms with Gasteiger partial charge in [-0.3, -0.25) is 9.59 Å². The van der Waals surface area contributed by atoms with Crippen molar-refractivity contribution in [3.8, 4) is 0 Å². The van der Waals surface area contributed by atoms with Crippen molar-refractivity contribution in [1.29, 1.82) is 0 Å². The normalized spacial score (nSPS) is 27.9. The van der Waals surface area contributed by atoms with Crippen molar-refractivity contribution in [2.24, 2.45) is 0 Å². The number of ether oxygens (including phenoxy) is 6. The molecular weight excluding hydrogens is 768 g/mol. The van der Waals surface area contributed by atoms with Crippen LogP contribution in [0.25, 0.3) is 0 Å². The summed E-state index contributed by atoms with van der Waals surface area (Å²) >= 11 is 0. The number of carbonyl (C=O) groups is 2. The van der Waals surface area contributed by atoms with Crippen molar-refractivity contribution in [3.05, 3.63) is 12.2 Å². The minimum atomic E-state index is -1.76. The molecule has 0 saturated carbocycles. The van der Waals surface area contributed by atoms with E-state index in [4.69, 9.17) is 28.4 Å². The number of rotatable bonds is 34. The Morgan fingerprint density at radius 1 is 0.525 bits per heavy atom. The van der Waals surface area contributed by atoms with Crippen molar-refractivity contribution in [3.63, 3.8) is 0 Å². The van der Waals surface area contributed by atoms with Crippen LogP contribution in [0.1, 0.15) is 162 Å². The summed E-state index contributed by atoms with van der Waals surface area (Å²) in [5.41, 5.74) is 0. The Labute approximate surface area is 352 Å². The van der Waals surface area contributed by atoms with E-state index in [9.17, 15) is 45.3 Å². The number of aliphatic hydroxyl groups is 7. The number of allylic oxidation sites excluding steroid dienone is 2. The molecule has 2 heterocycles. The molecule has 0 amide bonds. The maximum Gasteiger partial charge on any atom is 0.306 e. The van der Waals surface area contributed by atoms with Gasteiger partial charge in [-0.2, -0.15) is 0 Å². The zero-order valence-electron chi connectivity index (χ0n) is 36.0. The van der Waals surface area contributed by atoms with E-state index in [1.165, 1.54) is 64.2 Å². The first-order chi connectivity index (χ1) is 28.5. The van der Waals surface area contributed by atoms with Crippen LogP contribution in [0, 0.1) is 0 Å². The van der Waals surface area contributed by atoms with E-state index in [2.05, 4.69) is 26.0 Å². The van der Waals surface area contributed by atoms with Gasteiger partial charge in [-0.15, -0.1) is 0 Å². The third-order valence-corrected chi connectivity index (χ3v) is 11.0. The first-order valence-electron chi connectivity index (χ1n) is 22.8. The third kappa shape index (κ3) is 22.2. The monoisotopic (exact) mass is 849 g/mol. The Balaban J connectivity index is 1.87. The highest BCUT2D eigenvalue weighted by Crippen LogP contribution is 2.26. The van der Waals surface area contributed by atoms with Gasteiger partial charge in [0, 0.05) is 12.8 Å². The number of esters is 2. The summed E-state index contributed by atoms with van der Waals surface area (Å²) in [6.07, 6.45) is 11.2. The Morgan fingerprint density at radius 2 is 0.966 bits per heavy atom. The van der Waals surface area contributed by atoms with Crippen molar-refractivity contribution >= 4 is 11.9 Å². The average molecular weight is 849 g/mol. The summed E-state index contributed by atoms with van der Waals surface area (Å²) in [5.74, 6) is -0.934. The minimum absolute atomic E-state index is 0.158. The van der Waals surface area contributed by atoms with Crippen molar-refractivity contribution < 1.29 is 73.8 Å². The highest BCUT2D eigenvalue weighted by molar-refractivity contribution is 5.70. The van der Waals surface area contributed by atoms with Gasteiger partial charge in [0.2, 0.25) is 0 Å². The lowest BCUT2D eigenvalue weighted by Gasteiger charge is -2.42. The lowest BCUT2D eigenvalue weighted by Crippen LogP contribution is -2.61. The molecule has 2 rings (SSSR count). The molecule has 59 heavy (non-hydrogen) atoms. The maximum atomic E-state index is 12.9. The second-order valence-electron chi connectivity index (χ2n) is 16.2. The standard InChI is InChI=1S/C44H80O15/c1-3-5-7-9-11-13-15-16-17-19-21-23-25-27-36(47)57-32(29-54-35(46)26-24-22-20-18-14-12-10-8-6-4-2)30-55-43-42(53)40(51)38(49)34(59-43)31-56-44-41(52)39(50)37(48)33(28-45)58-44/h13,15,32-34,37-45,48-53H,3-12,14,16-31H2,1-2H3/b15-13-. The fourth-order valence-electron chi connectivity index (χ4n) is 7.15. The third-order valence-electron chi connectivity index (χ3n) is 11.0. The zero-order valence-corrected chi connectivity index (χ0v) is 36.0. The van der Waals surface area contributed by atoms with Gasteiger partial charge in [0.05, 0.1) is 19.8 Å². The number of hydrogen-bond donors (Lipinski definition) is 7. The summed E-state index contributed by atoms with van der Waals surface area (Å²) in [6, 6.07) is 0. The maximum absolute atomic E-state index is 12.9. The smallest absolute Gasteiger partial charge is 0.306 e. The summed E-state index contributed by atoms with van der Waals surface area (Å²) in [5, 5.41) is 71.8. The van der Waals surface area contributed by atoms with Gasteiger partial charge < -0.3 is 64.2 Å². The van der Waals surface area contributed by atoms with Gasteiger partial charge in [-0.25, -0.2) is 0 Å². The van der Waals surface area contributed by atoms with Gasteiger partial charge in [0.1, 0.15) is 55.4 Å². The average Bonchev–Trinajstić information content (AvgIpc) is 3.23. The van der Waals surface area contributed by atoms with Crippen molar-refractivity contribution in [1.82, 2.24) is 0 Å². The second-order valence-corrected chi connectivity index (χ2v) is 16.2. The molecule has 0 aromatic carbocycles. The van der Waals surface area contributed by atoms with E-state index in [-0.39, 0.29) is 26.1 Å². The lowest BCUT2D eigenvalue weighted by molar-refractivity contribution is -0.332. The zero-order chi connectivity index (χ0) is 43.3. The van der Waals surface area contributed by atoms with Crippen LogP contribution in [0.4, 0.5) is 0 Å². The van der Waals surface area contributed by atoms with Gasteiger partial charge in [0.25, 0.3) is 0 Å². The van der Waals surface area contributed by atoms with Gasteiger partial charge in [-0.05, 0) is 38.5 Å². The molecule has 2 fully saturated rings. The predicted octanol–water partition coefficient (Wildman–Crippen LogP) is 4.65. The molecule has 0 aromatic heterocycles. The SMILES string of the molecule is CCCCCC/C=C\CCCCCCCC(=O)OC(COC(=O)CCCCCCCCCCCC)COC1OC(COC2OC(CO)C(O)C(O)C2O)C(O)C(O)C1O. The van der Waals surface area contributed by atoms with Crippen LogP contribution < -0.4 is 0 Å². The molecule has 0 aliphatic carbocycles. The van der Waals surface area contributed by atoms with Crippen LogP contribution in [-0.2, 0) is 38.0 Å². The van der Waals surface area contributed by atoms with Crippen molar-refractivity contribution in [2.45, 2.75) is 229 Å². The summed E-state index contributed by atoms with van der Waals surface area (Å²) in [7, 11) is 0. The van der Waals surface area contributed by atoms with E-state index in [0.29, 0.717) is 12.8 Å². The first kappa shape index (κ1) is 53.4. The summed E-state index contributed by atoms with van der Waals surface area (Å²) in [6.45, 7) is 2.53. The highest BCUT2D eigenvalue weighted by Gasteiger charge is 2.47. The Hall–Kier alpha value is -1.76. The lowest BCUT2D eigenvalue weighted by atomic mass is 9.98. The molecule has 0 radical (unpaired) electrons. The number of aliphatic hydroxyl groups excluding tert-OH is 7. The molecule has 15 heteroatoms. The molecule has 2 saturated heterocycles. The first-order valence-corrected chi connectivity index (χ1v) is 22.8. The van der Waals surface area contributed by atoms with E-state index in [1.807, 2.05) is 0 Å². The van der Waals surface area contributed by atoms with E-state index < -0.39 is 92.7 Å². The van der Waals surface area contributed by atoms with Crippen LogP contribution in [-0.4, -0.2) is 142 Å². The Kier molecular flexibility index (Phi) is 29.8. The molecule has 2 aliphatic heterocycles. The molecule has 2 aliphatic rings. The Bertz CT molecular complexity index is 1090. The van der Waals surface area contributed by atoms with Crippen LogP contribution in [0.5, 0.6) is 0 Å². The summed E-state index contributed by atoms with van der Waals surface area (Å²) in [4.78, 5) is 25.5. The fraction of sp³-hybridized carbons (Fsp3) is 0.909. The molecule has 11 atom stereocenters. The largest absolute Gasteiger partial charge is 0.462 e. The highest BCUT2D eigenvalue weighted by atomic mass is 16.7. The van der Waals surface area contributed by atoms with Crippen LogP contribution in [0.2, 0.25) is 0 Å². The molecule has 0 spiro atoms. The number of unbranched alkanes of at least 4 members (excludes halogenated alkanes) is 18. The van der Waals surface area contributed by atoms with Gasteiger partial charge >= 0.3 is 11.9 Å². The van der Waals surface area contributed by atoms with Crippen LogP contribution in [0.3, 0.4) is 0 Å². The van der Waals surface area contributed by atoms with Gasteiger partial charge in [-0.1, -0.05) is 122 Å². The molecule has 7 N–H and O–H groups in total. The predicted molar refractivity (Wildman–Crippen MR) is 220 cm³/mol. The molecule has 0 bridgehead atoms. The molecule has 0 aromatic rings. The quantitative estimate of drug-likeness (QED) is 0.0266. The topological polar surface area (TPSA) is 231 Å². The van der Waals surface area contributed by atoms with Crippen LogP contribution in [0.15, 0.2) is 12.2 Å². The Morgan fingerprint density at radius 3 is 1.51 bits per heavy atom. The minimum Gasteiger partial charge on any atom is -0.462 e. The van der Waals surface area contributed by atoms with Crippen molar-refractivity contribution in [2.75, 3.05) is 26.4 Å². The van der Waals surface area contributed by atoms with E-state index in [1.54, 1.807) is 0 Å². The van der Waals surface area contributed by atoms with Gasteiger partial charge in [0.15, 0.2) is 18.7 Å². The molecular formula is C44H80O15. The number of hydrogen-bond acceptors (Lipinski definition) is 15.